The van der Waals surface area contributed by atoms with Gasteiger partial charge in [-0.1, -0.05) is 0 Å². The summed E-state index contributed by atoms with van der Waals surface area (Å²) in [6, 6.07) is 0. The largest absolute Gasteiger partial charge is 0.798 e. The Morgan fingerprint density at radius 1 is 1.86 bits per heavy atom. The normalized spacial score (nSPS) is 8.14. The van der Waals surface area contributed by atoms with E-state index in [1.807, 2.05) is 0 Å². The Kier molecular flexibility index (Phi) is 3.53. The van der Waals surface area contributed by atoms with Crippen molar-refractivity contribution >= 4 is 9.17 Å². The van der Waals surface area contributed by atoms with Crippen LogP contribution in [0.15, 0.2) is 0 Å². The highest BCUT2D eigenvalue weighted by molar-refractivity contribution is 6.23. The Morgan fingerprint density at radius 3 is 2.57 bits per heavy atom. The zero-order valence-corrected chi connectivity index (χ0v) is 4.88. The summed E-state index contributed by atoms with van der Waals surface area (Å²) >= 11 is 0. The summed E-state index contributed by atoms with van der Waals surface area (Å²) in [5.41, 5.74) is 0. The molecule has 0 aromatic heterocycles. The van der Waals surface area contributed by atoms with Crippen LogP contribution >= 0.6 is 0 Å². The molecule has 5 heteroatoms. The minimum atomic E-state index is -2.87. The van der Waals surface area contributed by atoms with E-state index in [0.29, 0.717) is 0 Å². The van der Waals surface area contributed by atoms with E-state index < -0.39 is 9.17 Å². The van der Waals surface area contributed by atoms with E-state index in [0.717, 1.165) is 0 Å². The minimum absolute atomic E-state index is 0.289. The van der Waals surface area contributed by atoms with Crippen molar-refractivity contribution in [3.63, 3.8) is 0 Å². The Hall–Kier alpha value is -0.423. The van der Waals surface area contributed by atoms with E-state index in [1.165, 1.54) is 0 Å². The van der Waals surface area contributed by atoms with Gasteiger partial charge < -0.3 is 9.37 Å². The molecule has 0 aromatic rings. The first-order valence-corrected chi connectivity index (χ1v) is 3.06. The molecule has 0 fully saturated rings. The van der Waals surface area contributed by atoms with Gasteiger partial charge in [0.25, 0.3) is 0 Å². The number of rotatable bonds is 3. The average molecular weight is 122 g/mol. The van der Waals surface area contributed by atoms with Gasteiger partial charge in [-0.15, -0.1) is 0 Å². The van der Waals surface area contributed by atoms with Gasteiger partial charge in [0.15, 0.2) is 0 Å². The Bertz CT molecular complexity index is 62.7. The average Bonchev–Trinajstić information content (AvgIpc) is 1.61. The first-order valence-electron chi connectivity index (χ1n) is 1.79. The van der Waals surface area contributed by atoms with Gasteiger partial charge in [-0.3, -0.25) is 4.46 Å². The topological polar surface area (TPSA) is 55.8 Å². The van der Waals surface area contributed by atoms with Crippen LogP contribution in [0.25, 0.3) is 0 Å². The minimum Gasteiger partial charge on any atom is -0.510 e. The van der Waals surface area contributed by atoms with Crippen molar-refractivity contribution in [3.05, 3.63) is 0 Å². The van der Waals surface area contributed by atoms with Crippen LogP contribution in [0, 0.1) is 0 Å². The summed E-state index contributed by atoms with van der Waals surface area (Å²) in [6.07, 6.45) is 0. The van der Waals surface area contributed by atoms with Crippen LogP contribution in [0.5, 0.6) is 0 Å². The lowest BCUT2D eigenvalue weighted by Crippen LogP contribution is -2.05. The van der Waals surface area contributed by atoms with Crippen molar-refractivity contribution in [2.75, 3.05) is 6.61 Å². The van der Waals surface area contributed by atoms with Crippen LogP contribution in [-0.2, 0) is 13.9 Å². The summed E-state index contributed by atoms with van der Waals surface area (Å²) in [6.45, 7) is 1.95. The molecule has 0 unspecified atom stereocenters. The maximum atomic E-state index is 9.60. The van der Waals surface area contributed by atoms with E-state index in [4.69, 9.17) is 4.80 Å². The van der Waals surface area contributed by atoms with Crippen molar-refractivity contribution < 1.29 is 18.7 Å². The van der Waals surface area contributed by atoms with Crippen molar-refractivity contribution in [1.82, 2.24) is 0 Å². The molecule has 0 aliphatic carbocycles. The fourth-order valence-electron chi connectivity index (χ4n) is 0.109. The summed E-state index contributed by atoms with van der Waals surface area (Å²) < 4.78 is 13.4. The van der Waals surface area contributed by atoms with Gasteiger partial charge in [-0.05, 0) is 6.92 Å². The van der Waals surface area contributed by atoms with E-state index in [2.05, 4.69) is 9.46 Å². The molecular formula is C2H6O4Si. The second kappa shape index (κ2) is 3.76. The van der Waals surface area contributed by atoms with Crippen LogP contribution < -0.4 is 0 Å². The Balaban J connectivity index is 2.82. The smallest absolute Gasteiger partial charge is 0.510 e. The van der Waals surface area contributed by atoms with Gasteiger partial charge in [0.1, 0.15) is 0 Å². The molecule has 0 rings (SSSR count). The van der Waals surface area contributed by atoms with Crippen LogP contribution in [0.2, 0.25) is 0 Å². The lowest BCUT2D eigenvalue weighted by atomic mass is 10.9. The molecule has 42 valence electrons. The summed E-state index contributed by atoms with van der Waals surface area (Å²) in [5, 5.41) is 0. The summed E-state index contributed by atoms with van der Waals surface area (Å²) in [5.74, 6) is 0. The van der Waals surface area contributed by atoms with Crippen molar-refractivity contribution in [2.24, 2.45) is 0 Å². The SMILES string of the molecule is CCOO[Si](=O)O. The molecular weight excluding hydrogens is 116 g/mol. The molecule has 0 atom stereocenters. The zero-order chi connectivity index (χ0) is 5.70. The highest BCUT2D eigenvalue weighted by Crippen LogP contribution is 1.71. The standard InChI is InChI=1S/C2H6O4Si/c1-2-5-6-7(3)4/h3H,2H2,1H3. The second-order valence-corrected chi connectivity index (χ2v) is 1.45. The highest BCUT2D eigenvalue weighted by Gasteiger charge is 2.01. The zero-order valence-electron chi connectivity index (χ0n) is 3.88. The molecule has 1 N–H and O–H groups in total. The van der Waals surface area contributed by atoms with Crippen LogP contribution in [0.1, 0.15) is 6.92 Å². The van der Waals surface area contributed by atoms with Crippen LogP contribution in [0.4, 0.5) is 0 Å². The van der Waals surface area contributed by atoms with Gasteiger partial charge in [-0.2, -0.15) is 4.89 Å². The molecule has 0 saturated carbocycles. The lowest BCUT2D eigenvalue weighted by molar-refractivity contribution is -0.221. The second-order valence-electron chi connectivity index (χ2n) is 0.756. The third-order valence-corrected chi connectivity index (χ3v) is 0.508. The molecule has 4 nitrogen and oxygen atoms in total. The van der Waals surface area contributed by atoms with Crippen LogP contribution in [0.3, 0.4) is 0 Å². The molecule has 0 amide bonds. The molecule has 0 saturated heterocycles. The summed E-state index contributed by atoms with van der Waals surface area (Å²) in [4.78, 5) is 12.0. The molecule has 7 heavy (non-hydrogen) atoms. The quantitative estimate of drug-likeness (QED) is 0.307. The van der Waals surface area contributed by atoms with Gasteiger partial charge >= 0.3 is 9.17 Å². The predicted molar refractivity (Wildman–Crippen MR) is 21.4 cm³/mol. The Labute approximate surface area is 42.5 Å². The van der Waals surface area contributed by atoms with Gasteiger partial charge in [-0.25, -0.2) is 0 Å². The van der Waals surface area contributed by atoms with E-state index in [-0.39, 0.29) is 6.61 Å². The van der Waals surface area contributed by atoms with Gasteiger partial charge in [0, 0.05) is 0 Å². The maximum Gasteiger partial charge on any atom is 0.798 e. The van der Waals surface area contributed by atoms with E-state index in [9.17, 15) is 4.46 Å². The number of hydrogen-bond acceptors (Lipinski definition) is 3. The van der Waals surface area contributed by atoms with Crippen molar-refractivity contribution in [1.29, 1.82) is 0 Å². The fourth-order valence-corrected chi connectivity index (χ4v) is 0.328. The predicted octanol–water partition coefficient (Wildman–Crippen LogP) is -0.638. The number of hydrogen-bond donors (Lipinski definition) is 1. The molecule has 0 heterocycles. The monoisotopic (exact) mass is 122 g/mol. The van der Waals surface area contributed by atoms with Crippen molar-refractivity contribution in [3.8, 4) is 0 Å². The van der Waals surface area contributed by atoms with E-state index in [1.54, 1.807) is 6.92 Å². The molecule has 0 bridgehead atoms. The molecule has 0 aromatic carbocycles. The highest BCUT2D eigenvalue weighted by atomic mass is 28.3. The van der Waals surface area contributed by atoms with Crippen molar-refractivity contribution in [2.45, 2.75) is 6.92 Å². The first kappa shape index (κ1) is 6.58. The Morgan fingerprint density at radius 2 is 2.43 bits per heavy atom. The molecule has 0 aliphatic heterocycles. The third-order valence-electron chi connectivity index (χ3n) is 0.248. The van der Waals surface area contributed by atoms with Gasteiger partial charge in [0.2, 0.25) is 0 Å². The first-order chi connectivity index (χ1) is 3.27. The molecule has 0 spiro atoms. The fraction of sp³-hybridized carbons (Fsp3) is 1.00. The van der Waals surface area contributed by atoms with Crippen LogP contribution in [-0.4, -0.2) is 20.6 Å². The van der Waals surface area contributed by atoms with E-state index >= 15 is 0 Å². The lowest BCUT2D eigenvalue weighted by Gasteiger charge is -1.90. The maximum absolute atomic E-state index is 9.60. The van der Waals surface area contributed by atoms with Gasteiger partial charge in [0.05, 0.1) is 6.61 Å². The summed E-state index contributed by atoms with van der Waals surface area (Å²) in [7, 11) is -2.87. The third kappa shape index (κ3) is 5.58. The molecule has 0 radical (unpaired) electrons. The molecule has 0 aliphatic rings.